The summed E-state index contributed by atoms with van der Waals surface area (Å²) >= 11 is 5.21. The van der Waals surface area contributed by atoms with Crippen molar-refractivity contribution in [2.45, 2.75) is 12.0 Å². The van der Waals surface area contributed by atoms with Crippen molar-refractivity contribution >= 4 is 19.2 Å². The van der Waals surface area contributed by atoms with Crippen molar-refractivity contribution in [3.05, 3.63) is 12.2 Å². The van der Waals surface area contributed by atoms with Crippen LogP contribution in [0.1, 0.15) is 6.92 Å². The Hall–Kier alpha value is 0.180. The molecule has 0 rings (SSSR count). The summed E-state index contributed by atoms with van der Waals surface area (Å²) in [6, 6.07) is 0. The highest BCUT2D eigenvalue weighted by Crippen LogP contribution is 2.43. The third-order valence-electron chi connectivity index (χ3n) is 0.673. The maximum atomic E-state index is 10.2. The molecule has 0 saturated heterocycles. The first-order valence-corrected chi connectivity index (χ1v) is 4.42. The van der Waals surface area contributed by atoms with Gasteiger partial charge in [0, 0.05) is 0 Å². The third-order valence-corrected chi connectivity index (χ3v) is 2.40. The minimum Gasteiger partial charge on any atom is -0.323 e. The lowest BCUT2D eigenvalue weighted by Gasteiger charge is -2.04. The molecule has 54 valence electrons. The highest BCUT2D eigenvalue weighted by atomic mass is 35.5. The van der Waals surface area contributed by atoms with Gasteiger partial charge in [-0.1, -0.05) is 12.2 Å². The quantitative estimate of drug-likeness (QED) is 0.373. The van der Waals surface area contributed by atoms with Gasteiger partial charge in [-0.15, -0.1) is 11.6 Å². The van der Waals surface area contributed by atoms with Gasteiger partial charge in [0.15, 0.2) is 5.12 Å². The summed E-state index contributed by atoms with van der Waals surface area (Å²) < 4.78 is 10.2. The van der Waals surface area contributed by atoms with Crippen molar-refractivity contribution in [1.82, 2.24) is 0 Å². The molecule has 0 bridgehead atoms. The molecule has 0 aromatic carbocycles. The predicted octanol–water partition coefficient (Wildman–Crippen LogP) is 1.31. The fourth-order valence-electron chi connectivity index (χ4n) is 0.271. The van der Waals surface area contributed by atoms with E-state index in [-0.39, 0.29) is 0 Å². The first kappa shape index (κ1) is 9.18. The number of rotatable bonds is 2. The molecule has 0 saturated carbocycles. The van der Waals surface area contributed by atoms with Crippen molar-refractivity contribution in [1.29, 1.82) is 0 Å². The van der Waals surface area contributed by atoms with Crippen molar-refractivity contribution in [2.75, 3.05) is 0 Å². The molecular formula is C4H8ClO3P. The molecule has 0 amide bonds. The number of halogens is 1. The lowest BCUT2D eigenvalue weighted by Crippen LogP contribution is -1.93. The largest absolute Gasteiger partial charge is 0.347 e. The number of allylic oxidation sites excluding steroid dienone is 2. The Bertz CT molecular complexity index is 150. The molecule has 3 nitrogen and oxygen atoms in total. The molecule has 1 atom stereocenters. The fourth-order valence-corrected chi connectivity index (χ4v) is 0.813. The van der Waals surface area contributed by atoms with Gasteiger partial charge in [-0.05, 0) is 6.92 Å². The second kappa shape index (κ2) is 3.37. The molecule has 0 fully saturated rings. The Kier molecular flexibility index (Phi) is 3.44. The van der Waals surface area contributed by atoms with Gasteiger partial charge in [0.25, 0.3) is 0 Å². The standard InChI is InChI=1S/C4H8ClO3P/c1-2-3-4(5)9(6,7)8/h2-4H,1H3,(H2,6,7,8)/b3-2+/t4-/m0/s1. The van der Waals surface area contributed by atoms with E-state index in [0.29, 0.717) is 0 Å². The number of alkyl halides is 1. The summed E-state index contributed by atoms with van der Waals surface area (Å²) in [6.07, 6.45) is 2.75. The Morgan fingerprint density at radius 3 is 2.22 bits per heavy atom. The van der Waals surface area contributed by atoms with Gasteiger partial charge in [0.05, 0.1) is 0 Å². The SMILES string of the molecule is C/C=C/[C@@H](Cl)P(=O)(O)O. The number of hydrogen-bond donors (Lipinski definition) is 2. The van der Waals surface area contributed by atoms with Crippen LogP contribution >= 0.6 is 19.2 Å². The van der Waals surface area contributed by atoms with E-state index >= 15 is 0 Å². The van der Waals surface area contributed by atoms with E-state index in [1.807, 2.05) is 0 Å². The van der Waals surface area contributed by atoms with E-state index in [2.05, 4.69) is 0 Å². The zero-order chi connectivity index (χ0) is 7.49. The zero-order valence-electron chi connectivity index (χ0n) is 4.86. The van der Waals surface area contributed by atoms with Crippen LogP contribution in [-0.4, -0.2) is 14.9 Å². The summed E-state index contributed by atoms with van der Waals surface area (Å²) in [5.41, 5.74) is 0. The van der Waals surface area contributed by atoms with Crippen LogP contribution in [0.25, 0.3) is 0 Å². The van der Waals surface area contributed by atoms with Gasteiger partial charge >= 0.3 is 7.60 Å². The summed E-state index contributed by atoms with van der Waals surface area (Å²) in [5, 5.41) is -1.18. The maximum absolute atomic E-state index is 10.2. The van der Waals surface area contributed by atoms with E-state index in [9.17, 15) is 4.57 Å². The number of hydrogen-bond acceptors (Lipinski definition) is 1. The van der Waals surface area contributed by atoms with Gasteiger partial charge in [0.2, 0.25) is 0 Å². The third kappa shape index (κ3) is 3.71. The normalized spacial score (nSPS) is 16.4. The lowest BCUT2D eigenvalue weighted by molar-refractivity contribution is 0.373. The highest BCUT2D eigenvalue weighted by molar-refractivity contribution is 7.54. The van der Waals surface area contributed by atoms with Crippen molar-refractivity contribution in [2.24, 2.45) is 0 Å². The van der Waals surface area contributed by atoms with Crippen LogP contribution in [0.3, 0.4) is 0 Å². The van der Waals surface area contributed by atoms with Gasteiger partial charge in [-0.25, -0.2) is 0 Å². The molecule has 0 radical (unpaired) electrons. The zero-order valence-corrected chi connectivity index (χ0v) is 6.51. The summed E-state index contributed by atoms with van der Waals surface area (Å²) in [4.78, 5) is 16.7. The van der Waals surface area contributed by atoms with Gasteiger partial charge in [0.1, 0.15) is 0 Å². The smallest absolute Gasteiger partial charge is 0.323 e. The first-order chi connectivity index (χ1) is 3.98. The van der Waals surface area contributed by atoms with E-state index in [1.54, 1.807) is 6.92 Å². The fraction of sp³-hybridized carbons (Fsp3) is 0.500. The molecule has 0 aromatic heterocycles. The molecule has 0 aliphatic rings. The Morgan fingerprint density at radius 1 is 1.67 bits per heavy atom. The van der Waals surface area contributed by atoms with Crippen molar-refractivity contribution in [3.8, 4) is 0 Å². The summed E-state index contributed by atoms with van der Waals surface area (Å²) in [6.45, 7) is 1.64. The Labute approximate surface area is 58.5 Å². The monoisotopic (exact) mass is 170 g/mol. The molecule has 0 heterocycles. The molecule has 0 unspecified atom stereocenters. The summed E-state index contributed by atoms with van der Waals surface area (Å²) in [7, 11) is -4.09. The highest BCUT2D eigenvalue weighted by Gasteiger charge is 2.22. The molecule has 5 heteroatoms. The van der Waals surface area contributed by atoms with Gasteiger partial charge in [-0.3, -0.25) is 4.57 Å². The Morgan fingerprint density at radius 2 is 2.11 bits per heavy atom. The second-order valence-electron chi connectivity index (χ2n) is 1.49. The van der Waals surface area contributed by atoms with Crippen molar-refractivity contribution in [3.63, 3.8) is 0 Å². The molecule has 0 aliphatic heterocycles. The molecule has 9 heavy (non-hydrogen) atoms. The molecular weight excluding hydrogens is 162 g/mol. The van der Waals surface area contributed by atoms with Gasteiger partial charge < -0.3 is 9.79 Å². The van der Waals surface area contributed by atoms with Crippen LogP contribution in [-0.2, 0) is 4.57 Å². The predicted molar refractivity (Wildman–Crippen MR) is 36.5 cm³/mol. The molecule has 0 aliphatic carbocycles. The van der Waals surface area contributed by atoms with Crippen LogP contribution in [0.4, 0.5) is 0 Å². The van der Waals surface area contributed by atoms with Crippen LogP contribution in [0.5, 0.6) is 0 Å². The van der Waals surface area contributed by atoms with Crippen LogP contribution < -0.4 is 0 Å². The Balaban J connectivity index is 4.05. The first-order valence-electron chi connectivity index (χ1n) is 2.30. The molecule has 0 aromatic rings. The minimum absolute atomic E-state index is 1.18. The van der Waals surface area contributed by atoms with E-state index in [1.165, 1.54) is 12.2 Å². The van der Waals surface area contributed by atoms with Gasteiger partial charge in [-0.2, -0.15) is 0 Å². The van der Waals surface area contributed by atoms with E-state index in [0.717, 1.165) is 0 Å². The molecule has 2 N–H and O–H groups in total. The summed E-state index contributed by atoms with van der Waals surface area (Å²) in [5.74, 6) is 0. The van der Waals surface area contributed by atoms with Crippen LogP contribution in [0.2, 0.25) is 0 Å². The second-order valence-corrected chi connectivity index (χ2v) is 4.00. The van der Waals surface area contributed by atoms with E-state index < -0.39 is 12.7 Å². The van der Waals surface area contributed by atoms with Crippen LogP contribution in [0, 0.1) is 0 Å². The minimum atomic E-state index is -4.09. The topological polar surface area (TPSA) is 57.5 Å². The van der Waals surface area contributed by atoms with E-state index in [4.69, 9.17) is 21.4 Å². The average Bonchev–Trinajstić information content (AvgIpc) is 1.64. The van der Waals surface area contributed by atoms with Crippen LogP contribution in [0.15, 0.2) is 12.2 Å². The average molecular weight is 171 g/mol. The lowest BCUT2D eigenvalue weighted by atomic mass is 10.6. The molecule has 0 spiro atoms. The van der Waals surface area contributed by atoms with Crippen molar-refractivity contribution < 1.29 is 14.4 Å². The maximum Gasteiger partial charge on any atom is 0.347 e.